The van der Waals surface area contributed by atoms with Gasteiger partial charge in [0.2, 0.25) is 15.8 Å². The number of rotatable bonds is 7. The zero-order chi connectivity index (χ0) is 19.0. The summed E-state index contributed by atoms with van der Waals surface area (Å²) in [7, 11) is -3.65. The van der Waals surface area contributed by atoms with Crippen molar-refractivity contribution in [1.29, 1.82) is 0 Å². The van der Waals surface area contributed by atoms with Crippen molar-refractivity contribution >= 4 is 26.0 Å². The molecule has 0 atom stereocenters. The number of hydrogen-bond donors (Lipinski definition) is 1. The van der Waals surface area contributed by atoms with E-state index in [9.17, 15) is 13.2 Å². The average Bonchev–Trinajstić information content (AvgIpc) is 3.21. The number of hydrogen-bond acceptors (Lipinski definition) is 5. The molecule has 4 rings (SSSR count). The number of nitrogens with one attached hydrogen (secondary N) is 1. The molecule has 10 heteroatoms. The van der Waals surface area contributed by atoms with Crippen LogP contribution in [-0.2, 0) is 16.6 Å². The zero-order valence-electron chi connectivity index (χ0n) is 14.2. The molecule has 1 aliphatic carbocycles. The number of furan rings is 1. The molecule has 0 radical (unpaired) electrons. The van der Waals surface area contributed by atoms with Gasteiger partial charge in [0.1, 0.15) is 0 Å². The Kier molecular flexibility index (Phi) is 4.79. The highest BCUT2D eigenvalue weighted by Gasteiger charge is 2.31. The maximum absolute atomic E-state index is 12.7. The van der Waals surface area contributed by atoms with E-state index < -0.39 is 10.0 Å². The Labute approximate surface area is 164 Å². The van der Waals surface area contributed by atoms with E-state index in [1.807, 2.05) is 0 Å². The quantitative estimate of drug-likeness (QED) is 0.593. The Hall–Kier alpha value is -2.17. The van der Waals surface area contributed by atoms with Crippen molar-refractivity contribution in [3.05, 3.63) is 57.6 Å². The topological polar surface area (TPSA) is 99.1 Å². The van der Waals surface area contributed by atoms with Crippen LogP contribution >= 0.6 is 15.9 Å². The summed E-state index contributed by atoms with van der Waals surface area (Å²) in [5, 5.41) is 4.35. The van der Waals surface area contributed by atoms with Crippen LogP contribution in [-0.4, -0.2) is 29.3 Å². The fourth-order valence-electron chi connectivity index (χ4n) is 2.78. The summed E-state index contributed by atoms with van der Waals surface area (Å²) >= 11 is 3.27. The highest BCUT2D eigenvalue weighted by molar-refractivity contribution is 9.10. The average molecular weight is 453 g/mol. The van der Waals surface area contributed by atoms with Crippen LogP contribution in [0.25, 0.3) is 11.6 Å². The Morgan fingerprint density at radius 2 is 1.96 bits per heavy atom. The third kappa shape index (κ3) is 3.78. The highest BCUT2D eigenvalue weighted by atomic mass is 79.9. The summed E-state index contributed by atoms with van der Waals surface area (Å²) in [6.45, 7) is 0.180. The van der Waals surface area contributed by atoms with Crippen LogP contribution in [0.5, 0.6) is 0 Å². The maximum atomic E-state index is 12.7. The number of aromatic nitrogens is 3. The lowest BCUT2D eigenvalue weighted by molar-refractivity contribution is 0.546. The van der Waals surface area contributed by atoms with Crippen molar-refractivity contribution in [2.45, 2.75) is 30.3 Å². The van der Waals surface area contributed by atoms with E-state index in [0.717, 1.165) is 17.3 Å². The second kappa shape index (κ2) is 7.10. The minimum absolute atomic E-state index is 0.0532. The lowest BCUT2D eigenvalue weighted by Crippen LogP contribution is -2.32. The molecular formula is C17H17BrN4O4S. The first-order valence-electron chi connectivity index (χ1n) is 8.44. The van der Waals surface area contributed by atoms with Gasteiger partial charge in [0.05, 0.1) is 17.7 Å². The van der Waals surface area contributed by atoms with Gasteiger partial charge in [0, 0.05) is 17.1 Å². The Morgan fingerprint density at radius 3 is 2.59 bits per heavy atom. The predicted molar refractivity (Wildman–Crippen MR) is 102 cm³/mol. The number of benzene rings is 1. The van der Waals surface area contributed by atoms with Gasteiger partial charge in [-0.05, 0) is 49.2 Å². The molecule has 3 aromatic rings. The number of halogens is 1. The van der Waals surface area contributed by atoms with E-state index in [1.54, 1.807) is 28.8 Å². The van der Waals surface area contributed by atoms with Gasteiger partial charge in [-0.1, -0.05) is 15.9 Å². The molecule has 0 amide bonds. The molecule has 0 unspecified atom stereocenters. The van der Waals surface area contributed by atoms with Crippen LogP contribution in [0, 0.1) is 0 Å². The van der Waals surface area contributed by atoms with E-state index >= 15 is 0 Å². The smallest absolute Gasteiger partial charge is 0.346 e. The third-order valence-corrected chi connectivity index (χ3v) is 6.27. The summed E-state index contributed by atoms with van der Waals surface area (Å²) in [5.41, 5.74) is -0.258. The second-order valence-corrected chi connectivity index (χ2v) is 8.94. The maximum Gasteiger partial charge on any atom is 0.346 e. The monoisotopic (exact) mass is 452 g/mol. The fourth-order valence-corrected chi connectivity index (χ4v) is 4.07. The van der Waals surface area contributed by atoms with Crippen LogP contribution in [0.1, 0.15) is 18.9 Å². The minimum Gasteiger partial charge on any atom is -0.461 e. The van der Waals surface area contributed by atoms with Crippen LogP contribution < -0.4 is 10.4 Å². The molecule has 8 nitrogen and oxygen atoms in total. The molecule has 1 aliphatic rings. The molecule has 0 aliphatic heterocycles. The standard InChI is InChI=1S/C17H17BrN4O4S/c18-12-3-7-14(8-4-12)27(24,25)19-9-10-21-17(23)22(13-5-6-13)16(20-21)15-2-1-11-26-15/h1-4,7-8,11,13,19H,5-6,9-10H2. The third-order valence-electron chi connectivity index (χ3n) is 4.26. The first-order chi connectivity index (χ1) is 13.0. The van der Waals surface area contributed by atoms with E-state index in [4.69, 9.17) is 4.42 Å². The van der Waals surface area contributed by atoms with E-state index in [-0.39, 0.29) is 29.7 Å². The molecule has 1 aromatic carbocycles. The van der Waals surface area contributed by atoms with E-state index in [2.05, 4.69) is 25.8 Å². The molecule has 1 N–H and O–H groups in total. The molecule has 142 valence electrons. The largest absolute Gasteiger partial charge is 0.461 e. The molecule has 0 spiro atoms. The lowest BCUT2D eigenvalue weighted by Gasteiger charge is -2.06. The van der Waals surface area contributed by atoms with Crippen molar-refractivity contribution in [2.75, 3.05) is 6.54 Å². The van der Waals surface area contributed by atoms with Crippen molar-refractivity contribution < 1.29 is 12.8 Å². The normalized spacial score (nSPS) is 14.6. The van der Waals surface area contributed by atoms with Gasteiger partial charge in [-0.3, -0.25) is 4.57 Å². The van der Waals surface area contributed by atoms with Gasteiger partial charge in [0.25, 0.3) is 0 Å². The van der Waals surface area contributed by atoms with E-state index in [0.29, 0.717) is 11.6 Å². The molecule has 2 aromatic heterocycles. The van der Waals surface area contributed by atoms with Gasteiger partial charge in [-0.2, -0.15) is 0 Å². The van der Waals surface area contributed by atoms with Crippen molar-refractivity contribution in [2.24, 2.45) is 0 Å². The molecule has 0 saturated heterocycles. The van der Waals surface area contributed by atoms with Gasteiger partial charge in [-0.15, -0.1) is 5.10 Å². The zero-order valence-corrected chi connectivity index (χ0v) is 16.6. The second-order valence-electron chi connectivity index (χ2n) is 6.26. The van der Waals surface area contributed by atoms with Crippen LogP contribution in [0.3, 0.4) is 0 Å². The Bertz CT molecular complexity index is 1100. The molecule has 27 heavy (non-hydrogen) atoms. The van der Waals surface area contributed by atoms with E-state index in [1.165, 1.54) is 23.1 Å². The lowest BCUT2D eigenvalue weighted by atomic mass is 10.4. The first-order valence-corrected chi connectivity index (χ1v) is 10.7. The summed E-state index contributed by atoms with van der Waals surface area (Å²) < 4.78 is 36.3. The SMILES string of the molecule is O=c1n(CCNS(=O)(=O)c2ccc(Br)cc2)nc(-c2ccco2)n1C1CC1. The van der Waals surface area contributed by atoms with Gasteiger partial charge >= 0.3 is 5.69 Å². The number of sulfonamides is 1. The van der Waals surface area contributed by atoms with Crippen molar-refractivity contribution in [1.82, 2.24) is 19.1 Å². The van der Waals surface area contributed by atoms with Crippen molar-refractivity contribution in [3.63, 3.8) is 0 Å². The van der Waals surface area contributed by atoms with Crippen LogP contribution in [0.15, 0.2) is 61.2 Å². The summed E-state index contributed by atoms with van der Waals surface area (Å²) in [6.07, 6.45) is 3.38. The molecule has 2 heterocycles. The van der Waals surface area contributed by atoms with Crippen LogP contribution in [0.4, 0.5) is 0 Å². The Morgan fingerprint density at radius 1 is 1.22 bits per heavy atom. The minimum atomic E-state index is -3.65. The summed E-state index contributed by atoms with van der Waals surface area (Å²) in [6, 6.07) is 9.96. The first kappa shape index (κ1) is 18.2. The van der Waals surface area contributed by atoms with Gasteiger partial charge in [-0.25, -0.2) is 22.6 Å². The molecule has 0 bridgehead atoms. The van der Waals surface area contributed by atoms with Crippen molar-refractivity contribution in [3.8, 4) is 11.6 Å². The van der Waals surface area contributed by atoms with Gasteiger partial charge in [0.15, 0.2) is 5.76 Å². The predicted octanol–water partition coefficient (Wildman–Crippen LogP) is 2.38. The Balaban J connectivity index is 1.51. The van der Waals surface area contributed by atoms with Gasteiger partial charge < -0.3 is 4.42 Å². The summed E-state index contributed by atoms with van der Waals surface area (Å²) in [5.74, 6) is 0.997. The molecule has 1 saturated carbocycles. The fraction of sp³-hybridized carbons (Fsp3) is 0.294. The molecule has 1 fully saturated rings. The number of nitrogens with zero attached hydrogens (tertiary/aromatic N) is 3. The highest BCUT2D eigenvalue weighted by Crippen LogP contribution is 2.36. The van der Waals surface area contributed by atoms with Crippen LogP contribution in [0.2, 0.25) is 0 Å². The molecular weight excluding hydrogens is 436 g/mol. The summed E-state index contributed by atoms with van der Waals surface area (Å²) in [4.78, 5) is 12.8.